The molecule has 0 saturated heterocycles. The van der Waals surface area contributed by atoms with Crippen molar-refractivity contribution in [2.24, 2.45) is 0 Å². The van der Waals surface area contributed by atoms with Crippen LogP contribution in [0, 0.1) is 10.1 Å². The Kier molecular flexibility index (Phi) is 6.67. The zero-order valence-corrected chi connectivity index (χ0v) is 17.8. The van der Waals surface area contributed by atoms with E-state index >= 15 is 0 Å². The standard InChI is InChI=1S/C20H10Cl3NO5S/c21-11-2-4-13(20(26)27)14(8-11)19(25)10-1-6-18(17(7-10)24(28)29)30-12-3-5-15(22)16(23)9-12/h1-9H,(H,26,27). The number of nitro groups is 1. The molecule has 0 aromatic heterocycles. The Morgan fingerprint density at radius 3 is 2.27 bits per heavy atom. The number of hydrogen-bond donors (Lipinski definition) is 1. The van der Waals surface area contributed by atoms with E-state index in [-0.39, 0.29) is 32.3 Å². The highest BCUT2D eigenvalue weighted by molar-refractivity contribution is 7.99. The van der Waals surface area contributed by atoms with Gasteiger partial charge >= 0.3 is 5.97 Å². The van der Waals surface area contributed by atoms with Gasteiger partial charge in [-0.25, -0.2) is 4.79 Å². The number of carboxylic acid groups (broad SMARTS) is 1. The van der Waals surface area contributed by atoms with Crippen molar-refractivity contribution in [2.75, 3.05) is 0 Å². The first-order valence-corrected chi connectivity index (χ1v) is 10.1. The van der Waals surface area contributed by atoms with Crippen molar-refractivity contribution < 1.29 is 19.6 Å². The lowest BCUT2D eigenvalue weighted by Gasteiger charge is -2.08. The Morgan fingerprint density at radius 1 is 0.900 bits per heavy atom. The fourth-order valence-corrected chi connectivity index (χ4v) is 4.08. The summed E-state index contributed by atoms with van der Waals surface area (Å²) in [6.45, 7) is 0. The molecule has 3 rings (SSSR count). The molecule has 0 unspecified atom stereocenters. The summed E-state index contributed by atoms with van der Waals surface area (Å²) in [5.41, 5.74) is -0.753. The fraction of sp³-hybridized carbons (Fsp3) is 0. The van der Waals surface area contributed by atoms with E-state index in [1.807, 2.05) is 0 Å². The van der Waals surface area contributed by atoms with Crippen molar-refractivity contribution in [3.05, 3.63) is 96.5 Å². The number of nitro benzene ring substituents is 1. The van der Waals surface area contributed by atoms with Crippen molar-refractivity contribution in [1.29, 1.82) is 0 Å². The SMILES string of the molecule is O=C(O)c1ccc(Cl)cc1C(=O)c1ccc(Sc2ccc(Cl)c(Cl)c2)c([N+](=O)[O-])c1. The minimum absolute atomic E-state index is 0.0371. The van der Waals surface area contributed by atoms with Crippen LogP contribution in [0.3, 0.4) is 0 Å². The third kappa shape index (κ3) is 4.76. The molecule has 0 aliphatic carbocycles. The molecule has 0 aliphatic rings. The van der Waals surface area contributed by atoms with Gasteiger partial charge in [0.25, 0.3) is 5.69 Å². The Bertz CT molecular complexity index is 1200. The van der Waals surface area contributed by atoms with Gasteiger partial charge in [0.15, 0.2) is 5.78 Å². The maximum Gasteiger partial charge on any atom is 0.336 e. The van der Waals surface area contributed by atoms with E-state index in [0.717, 1.165) is 17.8 Å². The normalized spacial score (nSPS) is 10.6. The van der Waals surface area contributed by atoms with E-state index < -0.39 is 16.7 Å². The maximum atomic E-state index is 12.9. The van der Waals surface area contributed by atoms with Crippen LogP contribution >= 0.6 is 46.6 Å². The summed E-state index contributed by atoms with van der Waals surface area (Å²) < 4.78 is 0. The van der Waals surface area contributed by atoms with Gasteiger partial charge in [0.05, 0.1) is 25.4 Å². The van der Waals surface area contributed by atoms with Gasteiger partial charge in [-0.05, 0) is 48.5 Å². The zero-order chi connectivity index (χ0) is 22.0. The summed E-state index contributed by atoms with van der Waals surface area (Å²) in [7, 11) is 0. The molecule has 0 amide bonds. The van der Waals surface area contributed by atoms with Gasteiger partial charge in [-0.1, -0.05) is 46.6 Å². The van der Waals surface area contributed by atoms with E-state index in [0.29, 0.717) is 14.9 Å². The van der Waals surface area contributed by atoms with Crippen molar-refractivity contribution in [3.63, 3.8) is 0 Å². The lowest BCUT2D eigenvalue weighted by atomic mass is 9.98. The van der Waals surface area contributed by atoms with E-state index in [1.165, 1.54) is 30.3 Å². The molecule has 0 saturated carbocycles. The third-order valence-electron chi connectivity index (χ3n) is 3.99. The number of hydrogen-bond acceptors (Lipinski definition) is 5. The molecule has 0 bridgehead atoms. The molecule has 30 heavy (non-hydrogen) atoms. The van der Waals surface area contributed by atoms with Crippen LogP contribution in [0.1, 0.15) is 26.3 Å². The second kappa shape index (κ2) is 9.06. The van der Waals surface area contributed by atoms with Gasteiger partial charge < -0.3 is 5.11 Å². The number of halogens is 3. The van der Waals surface area contributed by atoms with Gasteiger partial charge in [0.2, 0.25) is 0 Å². The van der Waals surface area contributed by atoms with Gasteiger partial charge in [-0.3, -0.25) is 14.9 Å². The van der Waals surface area contributed by atoms with Gasteiger partial charge in [0.1, 0.15) is 0 Å². The lowest BCUT2D eigenvalue weighted by Crippen LogP contribution is -2.10. The minimum Gasteiger partial charge on any atom is -0.478 e. The average Bonchev–Trinajstić information content (AvgIpc) is 2.70. The summed E-state index contributed by atoms with van der Waals surface area (Å²) in [6.07, 6.45) is 0. The van der Waals surface area contributed by atoms with Crippen LogP contribution in [0.2, 0.25) is 15.1 Å². The van der Waals surface area contributed by atoms with Crippen molar-refractivity contribution in [2.45, 2.75) is 9.79 Å². The van der Waals surface area contributed by atoms with Gasteiger partial charge in [-0.15, -0.1) is 0 Å². The van der Waals surface area contributed by atoms with Crippen molar-refractivity contribution in [3.8, 4) is 0 Å². The molecule has 3 aromatic carbocycles. The smallest absolute Gasteiger partial charge is 0.336 e. The Balaban J connectivity index is 2.02. The summed E-state index contributed by atoms with van der Waals surface area (Å²) in [5.74, 6) is -2.00. The van der Waals surface area contributed by atoms with Crippen LogP contribution < -0.4 is 0 Å². The Labute approximate surface area is 189 Å². The molecular formula is C20H10Cl3NO5S. The van der Waals surface area contributed by atoms with Gasteiger partial charge in [-0.2, -0.15) is 0 Å². The minimum atomic E-state index is -1.31. The van der Waals surface area contributed by atoms with Crippen molar-refractivity contribution >= 4 is 64.0 Å². The Morgan fingerprint density at radius 2 is 1.63 bits per heavy atom. The molecule has 6 nitrogen and oxygen atoms in total. The van der Waals surface area contributed by atoms with E-state index in [1.54, 1.807) is 18.2 Å². The second-order valence-electron chi connectivity index (χ2n) is 5.94. The topological polar surface area (TPSA) is 97.5 Å². The summed E-state index contributed by atoms with van der Waals surface area (Å²) in [5, 5.41) is 21.7. The van der Waals surface area contributed by atoms with Crippen LogP contribution in [0.4, 0.5) is 5.69 Å². The summed E-state index contributed by atoms with van der Waals surface area (Å²) in [6, 6.07) is 12.5. The molecule has 0 atom stereocenters. The Hall–Kier alpha value is -2.58. The molecule has 10 heteroatoms. The molecule has 0 spiro atoms. The molecule has 0 heterocycles. The highest BCUT2D eigenvalue weighted by Gasteiger charge is 2.23. The van der Waals surface area contributed by atoms with Crippen LogP contribution in [0.15, 0.2) is 64.4 Å². The number of benzene rings is 3. The first-order valence-electron chi connectivity index (χ1n) is 8.16. The summed E-state index contributed by atoms with van der Waals surface area (Å²) in [4.78, 5) is 36.2. The number of aromatic carboxylic acids is 1. The average molecular weight is 483 g/mol. The monoisotopic (exact) mass is 481 g/mol. The highest BCUT2D eigenvalue weighted by atomic mass is 35.5. The number of rotatable bonds is 6. The van der Waals surface area contributed by atoms with E-state index in [9.17, 15) is 24.8 Å². The quantitative estimate of drug-likeness (QED) is 0.240. The lowest BCUT2D eigenvalue weighted by molar-refractivity contribution is -0.387. The van der Waals surface area contributed by atoms with Crippen LogP contribution in [-0.2, 0) is 0 Å². The molecule has 0 aliphatic heterocycles. The van der Waals surface area contributed by atoms with Crippen LogP contribution in [-0.4, -0.2) is 21.8 Å². The van der Waals surface area contributed by atoms with Crippen LogP contribution in [0.25, 0.3) is 0 Å². The molecular weight excluding hydrogens is 473 g/mol. The van der Waals surface area contributed by atoms with Crippen LogP contribution in [0.5, 0.6) is 0 Å². The molecule has 3 aromatic rings. The first kappa shape index (κ1) is 22.1. The maximum absolute atomic E-state index is 12.9. The zero-order valence-electron chi connectivity index (χ0n) is 14.8. The second-order valence-corrected chi connectivity index (χ2v) is 8.31. The molecule has 0 radical (unpaired) electrons. The molecule has 1 N–H and O–H groups in total. The fourth-order valence-electron chi connectivity index (χ4n) is 2.60. The number of carboxylic acids is 1. The van der Waals surface area contributed by atoms with Gasteiger partial charge in [0, 0.05) is 27.1 Å². The number of ketones is 1. The summed E-state index contributed by atoms with van der Waals surface area (Å²) >= 11 is 18.9. The predicted octanol–water partition coefficient (Wildman–Crippen LogP) is 6.64. The first-order chi connectivity index (χ1) is 14.2. The molecule has 0 fully saturated rings. The number of nitrogens with zero attached hydrogens (tertiary/aromatic N) is 1. The number of carbonyl (C=O) groups excluding carboxylic acids is 1. The molecule has 152 valence electrons. The largest absolute Gasteiger partial charge is 0.478 e. The number of carbonyl (C=O) groups is 2. The van der Waals surface area contributed by atoms with E-state index in [2.05, 4.69) is 0 Å². The third-order valence-corrected chi connectivity index (χ3v) is 6.02. The highest BCUT2D eigenvalue weighted by Crippen LogP contribution is 2.38. The van der Waals surface area contributed by atoms with E-state index in [4.69, 9.17) is 34.8 Å². The predicted molar refractivity (Wildman–Crippen MR) is 116 cm³/mol. The van der Waals surface area contributed by atoms with Crippen molar-refractivity contribution in [1.82, 2.24) is 0 Å².